The van der Waals surface area contributed by atoms with E-state index in [1.165, 1.54) is 0 Å². The van der Waals surface area contributed by atoms with Crippen LogP contribution in [-0.4, -0.2) is 20.2 Å². The lowest BCUT2D eigenvalue weighted by molar-refractivity contribution is 0.394. The molecular formula is C8H10N4. The summed E-state index contributed by atoms with van der Waals surface area (Å²) in [5, 5.41) is 11.4. The molecule has 0 spiro atoms. The van der Waals surface area contributed by atoms with Crippen molar-refractivity contribution in [2.45, 2.75) is 19.4 Å². The van der Waals surface area contributed by atoms with E-state index in [0.29, 0.717) is 0 Å². The highest BCUT2D eigenvalue weighted by Crippen LogP contribution is 2.19. The second-order valence-electron chi connectivity index (χ2n) is 3.32. The molecule has 0 fully saturated rings. The van der Waals surface area contributed by atoms with Crippen molar-refractivity contribution in [3.05, 3.63) is 24.1 Å². The molecular weight excluding hydrogens is 152 g/mol. The van der Waals surface area contributed by atoms with Gasteiger partial charge in [0, 0.05) is 0 Å². The lowest BCUT2D eigenvalue weighted by Gasteiger charge is -2.19. The molecule has 2 heterocycles. The van der Waals surface area contributed by atoms with Crippen LogP contribution in [0.1, 0.15) is 19.7 Å². The first-order valence-corrected chi connectivity index (χ1v) is 3.85. The van der Waals surface area contributed by atoms with Crippen LogP contribution in [-0.2, 0) is 5.54 Å². The van der Waals surface area contributed by atoms with E-state index in [0.717, 1.165) is 5.82 Å². The van der Waals surface area contributed by atoms with Crippen LogP contribution in [0.5, 0.6) is 0 Å². The van der Waals surface area contributed by atoms with Crippen molar-refractivity contribution in [3.8, 4) is 0 Å². The Hall–Kier alpha value is -1.45. The third kappa shape index (κ3) is 0.958. The molecule has 0 aromatic carbocycles. The van der Waals surface area contributed by atoms with Gasteiger partial charge in [0.15, 0.2) is 5.82 Å². The van der Waals surface area contributed by atoms with Crippen LogP contribution in [0, 0.1) is 0 Å². The maximum Gasteiger partial charge on any atom is 0.175 e. The Morgan fingerprint density at radius 1 is 1.33 bits per heavy atom. The van der Waals surface area contributed by atoms with Gasteiger partial charge >= 0.3 is 0 Å². The highest BCUT2D eigenvalue weighted by atomic mass is 15.6. The summed E-state index contributed by atoms with van der Waals surface area (Å²) in [4.78, 5) is 0. The second kappa shape index (κ2) is 2.27. The molecule has 0 unspecified atom stereocenters. The summed E-state index contributed by atoms with van der Waals surface area (Å²) < 4.78 is 1.80. The molecule has 62 valence electrons. The SMILES string of the molecule is CC1(C)C=CC=Cc2nnnn21. The number of rotatable bonds is 0. The minimum Gasteiger partial charge on any atom is -0.216 e. The lowest BCUT2D eigenvalue weighted by atomic mass is 10.1. The van der Waals surface area contributed by atoms with Crippen LogP contribution in [0.2, 0.25) is 0 Å². The molecule has 1 aromatic heterocycles. The summed E-state index contributed by atoms with van der Waals surface area (Å²) in [6, 6.07) is 0. The fourth-order valence-electron chi connectivity index (χ4n) is 1.21. The van der Waals surface area contributed by atoms with E-state index in [1.807, 2.05) is 18.2 Å². The summed E-state index contributed by atoms with van der Waals surface area (Å²) in [6.07, 6.45) is 7.90. The number of allylic oxidation sites excluding steroid dienone is 3. The Morgan fingerprint density at radius 3 is 3.00 bits per heavy atom. The van der Waals surface area contributed by atoms with Gasteiger partial charge in [0.2, 0.25) is 0 Å². The number of hydrogen-bond donors (Lipinski definition) is 0. The molecule has 12 heavy (non-hydrogen) atoms. The van der Waals surface area contributed by atoms with Crippen LogP contribution < -0.4 is 0 Å². The minimum atomic E-state index is -0.137. The van der Waals surface area contributed by atoms with Gasteiger partial charge in [0.25, 0.3) is 0 Å². The first kappa shape index (κ1) is 7.21. The van der Waals surface area contributed by atoms with Crippen molar-refractivity contribution < 1.29 is 0 Å². The van der Waals surface area contributed by atoms with E-state index in [4.69, 9.17) is 0 Å². The van der Waals surface area contributed by atoms with Gasteiger partial charge in [0.1, 0.15) is 0 Å². The minimum absolute atomic E-state index is 0.137. The Kier molecular flexibility index (Phi) is 1.36. The third-order valence-corrected chi connectivity index (χ3v) is 1.90. The zero-order chi connectivity index (χ0) is 8.60. The molecule has 2 rings (SSSR count). The van der Waals surface area contributed by atoms with Gasteiger partial charge in [-0.15, -0.1) is 5.10 Å². The molecule has 1 aromatic rings. The fraction of sp³-hybridized carbons (Fsp3) is 0.375. The number of hydrogen-bond acceptors (Lipinski definition) is 3. The molecule has 0 amide bonds. The molecule has 0 saturated heterocycles. The van der Waals surface area contributed by atoms with Crippen LogP contribution in [0.15, 0.2) is 18.2 Å². The topological polar surface area (TPSA) is 43.6 Å². The van der Waals surface area contributed by atoms with Crippen LogP contribution in [0.25, 0.3) is 6.08 Å². The Bertz CT molecular complexity index is 346. The highest BCUT2D eigenvalue weighted by molar-refractivity contribution is 5.44. The number of fused-ring (bicyclic) bond motifs is 1. The van der Waals surface area contributed by atoms with E-state index in [9.17, 15) is 0 Å². The van der Waals surface area contributed by atoms with Crippen molar-refractivity contribution in [2.75, 3.05) is 0 Å². The van der Waals surface area contributed by atoms with Gasteiger partial charge in [-0.05, 0) is 30.4 Å². The van der Waals surface area contributed by atoms with E-state index in [-0.39, 0.29) is 5.54 Å². The van der Waals surface area contributed by atoms with Crippen LogP contribution in [0.3, 0.4) is 0 Å². The summed E-state index contributed by atoms with van der Waals surface area (Å²) in [7, 11) is 0. The summed E-state index contributed by atoms with van der Waals surface area (Å²) in [5.41, 5.74) is -0.137. The quantitative estimate of drug-likeness (QED) is 0.571. The van der Waals surface area contributed by atoms with Gasteiger partial charge < -0.3 is 0 Å². The molecule has 0 bridgehead atoms. The predicted molar refractivity (Wildman–Crippen MR) is 45.3 cm³/mol. The Labute approximate surface area is 70.6 Å². The van der Waals surface area contributed by atoms with Crippen molar-refractivity contribution in [1.82, 2.24) is 20.2 Å². The Balaban J connectivity index is 2.61. The molecule has 1 aliphatic rings. The van der Waals surface area contributed by atoms with Crippen molar-refractivity contribution in [3.63, 3.8) is 0 Å². The zero-order valence-corrected chi connectivity index (χ0v) is 7.10. The van der Waals surface area contributed by atoms with Crippen LogP contribution >= 0.6 is 0 Å². The van der Waals surface area contributed by atoms with Crippen molar-refractivity contribution in [1.29, 1.82) is 0 Å². The monoisotopic (exact) mass is 162 g/mol. The predicted octanol–water partition coefficient (Wildman–Crippen LogP) is 0.991. The van der Waals surface area contributed by atoms with Gasteiger partial charge in [-0.2, -0.15) is 0 Å². The molecule has 0 atom stereocenters. The standard InChI is InChI=1S/C8H10N4/c1-8(2)6-4-3-5-7-9-10-11-12(7)8/h3-6H,1-2H3. The smallest absolute Gasteiger partial charge is 0.175 e. The molecule has 1 aliphatic heterocycles. The van der Waals surface area contributed by atoms with Crippen molar-refractivity contribution >= 4 is 6.08 Å². The van der Waals surface area contributed by atoms with E-state index < -0.39 is 0 Å². The van der Waals surface area contributed by atoms with Crippen LogP contribution in [0.4, 0.5) is 0 Å². The van der Waals surface area contributed by atoms with Crippen molar-refractivity contribution in [2.24, 2.45) is 0 Å². The summed E-state index contributed by atoms with van der Waals surface area (Å²) >= 11 is 0. The molecule has 4 heteroatoms. The first-order valence-electron chi connectivity index (χ1n) is 3.85. The van der Waals surface area contributed by atoms with E-state index >= 15 is 0 Å². The highest BCUT2D eigenvalue weighted by Gasteiger charge is 2.21. The van der Waals surface area contributed by atoms with Gasteiger partial charge in [0.05, 0.1) is 5.54 Å². The average Bonchev–Trinajstić information content (AvgIpc) is 2.42. The maximum atomic E-state index is 3.92. The zero-order valence-electron chi connectivity index (χ0n) is 7.10. The normalized spacial score (nSPS) is 18.8. The number of tetrazole rings is 1. The van der Waals surface area contributed by atoms with Gasteiger partial charge in [-0.25, -0.2) is 4.68 Å². The molecule has 0 aliphatic carbocycles. The average molecular weight is 162 g/mol. The summed E-state index contributed by atoms with van der Waals surface area (Å²) in [5.74, 6) is 0.796. The Morgan fingerprint density at radius 2 is 2.17 bits per heavy atom. The first-order chi connectivity index (χ1) is 5.70. The lowest BCUT2D eigenvalue weighted by Crippen LogP contribution is -2.25. The molecule has 4 nitrogen and oxygen atoms in total. The second-order valence-corrected chi connectivity index (χ2v) is 3.32. The molecule has 0 saturated carbocycles. The third-order valence-electron chi connectivity index (χ3n) is 1.90. The fourth-order valence-corrected chi connectivity index (χ4v) is 1.21. The largest absolute Gasteiger partial charge is 0.216 e. The van der Waals surface area contributed by atoms with Gasteiger partial charge in [-0.1, -0.05) is 18.2 Å². The molecule has 0 radical (unpaired) electrons. The van der Waals surface area contributed by atoms with E-state index in [2.05, 4.69) is 35.4 Å². The number of nitrogens with zero attached hydrogens (tertiary/aromatic N) is 4. The molecule has 0 N–H and O–H groups in total. The summed E-state index contributed by atoms with van der Waals surface area (Å²) in [6.45, 7) is 4.13. The maximum absolute atomic E-state index is 3.92. The van der Waals surface area contributed by atoms with E-state index in [1.54, 1.807) is 4.68 Å². The van der Waals surface area contributed by atoms with Gasteiger partial charge in [-0.3, -0.25) is 0 Å². The number of aromatic nitrogens is 4.